The number of nitrogens with one attached hydrogen (secondary N) is 2. The quantitative estimate of drug-likeness (QED) is 0.701. The molecule has 27 heavy (non-hydrogen) atoms. The second-order valence-corrected chi connectivity index (χ2v) is 6.93. The molecule has 6 nitrogen and oxygen atoms in total. The fourth-order valence-electron chi connectivity index (χ4n) is 3.27. The third kappa shape index (κ3) is 3.57. The van der Waals surface area contributed by atoms with E-state index >= 15 is 0 Å². The number of fused-ring (bicyclic) bond motifs is 1. The minimum absolute atomic E-state index is 0.0790. The normalized spacial score (nSPS) is 17.0. The van der Waals surface area contributed by atoms with E-state index in [1.165, 1.54) is 12.1 Å². The fraction of sp³-hybridized carbons (Fsp3) is 0.368. The van der Waals surface area contributed by atoms with E-state index < -0.39 is 11.6 Å². The molecule has 1 atom stereocenters. The second kappa shape index (κ2) is 7.11. The molecule has 2 N–H and O–H groups in total. The Morgan fingerprint density at radius 3 is 2.81 bits per heavy atom. The van der Waals surface area contributed by atoms with Gasteiger partial charge in [0.1, 0.15) is 23.0 Å². The Kier molecular flexibility index (Phi) is 4.65. The molecule has 142 valence electrons. The SMILES string of the molecule is CC(C)Nc1cc2c(cn1)nc(Nc1ccc(F)cc1F)n2[C@H]1CCOC1. The first-order valence-corrected chi connectivity index (χ1v) is 8.95. The number of nitrogens with zero attached hydrogens (tertiary/aromatic N) is 3. The zero-order valence-electron chi connectivity index (χ0n) is 15.2. The number of hydrogen-bond acceptors (Lipinski definition) is 5. The average molecular weight is 373 g/mol. The van der Waals surface area contributed by atoms with Gasteiger partial charge in [-0.15, -0.1) is 0 Å². The van der Waals surface area contributed by atoms with Crippen LogP contribution in [0.3, 0.4) is 0 Å². The molecule has 1 fully saturated rings. The minimum Gasteiger partial charge on any atom is -0.379 e. The van der Waals surface area contributed by atoms with Crippen LogP contribution in [0.4, 0.5) is 26.2 Å². The molecule has 0 amide bonds. The van der Waals surface area contributed by atoms with Crippen molar-refractivity contribution < 1.29 is 13.5 Å². The third-order valence-electron chi connectivity index (χ3n) is 4.46. The lowest BCUT2D eigenvalue weighted by Crippen LogP contribution is -2.13. The van der Waals surface area contributed by atoms with Crippen LogP contribution < -0.4 is 10.6 Å². The first-order chi connectivity index (χ1) is 13.0. The highest BCUT2D eigenvalue weighted by molar-refractivity contribution is 5.81. The number of rotatable bonds is 5. The number of imidazole rings is 1. The summed E-state index contributed by atoms with van der Waals surface area (Å²) in [6.45, 7) is 5.30. The maximum absolute atomic E-state index is 14.1. The van der Waals surface area contributed by atoms with Crippen molar-refractivity contribution in [2.75, 3.05) is 23.8 Å². The van der Waals surface area contributed by atoms with Crippen molar-refractivity contribution in [1.29, 1.82) is 0 Å². The van der Waals surface area contributed by atoms with Crippen LogP contribution in [0.5, 0.6) is 0 Å². The summed E-state index contributed by atoms with van der Waals surface area (Å²) in [5, 5.41) is 6.28. The van der Waals surface area contributed by atoms with Crippen LogP contribution >= 0.6 is 0 Å². The van der Waals surface area contributed by atoms with Crippen molar-refractivity contribution >= 4 is 28.5 Å². The number of benzene rings is 1. The van der Waals surface area contributed by atoms with Crippen molar-refractivity contribution in [1.82, 2.24) is 14.5 Å². The van der Waals surface area contributed by atoms with Gasteiger partial charge in [0.2, 0.25) is 5.95 Å². The highest BCUT2D eigenvalue weighted by atomic mass is 19.1. The van der Waals surface area contributed by atoms with E-state index in [-0.39, 0.29) is 17.8 Å². The van der Waals surface area contributed by atoms with E-state index in [2.05, 4.69) is 20.6 Å². The summed E-state index contributed by atoms with van der Waals surface area (Å²) in [6.07, 6.45) is 2.53. The van der Waals surface area contributed by atoms with Crippen molar-refractivity contribution in [2.45, 2.75) is 32.4 Å². The number of hydrogen-bond donors (Lipinski definition) is 2. The maximum Gasteiger partial charge on any atom is 0.208 e. The van der Waals surface area contributed by atoms with Crippen LogP contribution in [-0.2, 0) is 4.74 Å². The standard InChI is InChI=1S/C19H21F2N5O/c1-11(2)23-18-8-17-16(9-22-18)25-19(26(17)13-5-6-27-10-13)24-15-4-3-12(20)7-14(15)21/h3-4,7-9,11,13H,5-6,10H2,1-2H3,(H,22,23)(H,24,25)/t13-/m0/s1. The summed E-state index contributed by atoms with van der Waals surface area (Å²) >= 11 is 0. The van der Waals surface area contributed by atoms with E-state index in [1.54, 1.807) is 6.20 Å². The number of halogens is 2. The molecule has 1 aromatic carbocycles. The van der Waals surface area contributed by atoms with Crippen molar-refractivity contribution in [3.8, 4) is 0 Å². The van der Waals surface area contributed by atoms with Gasteiger partial charge in [-0.3, -0.25) is 0 Å². The Morgan fingerprint density at radius 1 is 1.26 bits per heavy atom. The molecule has 0 bridgehead atoms. The van der Waals surface area contributed by atoms with Gasteiger partial charge in [-0.2, -0.15) is 0 Å². The van der Waals surface area contributed by atoms with Gasteiger partial charge >= 0.3 is 0 Å². The first-order valence-electron chi connectivity index (χ1n) is 8.95. The molecule has 8 heteroatoms. The zero-order valence-corrected chi connectivity index (χ0v) is 15.2. The van der Waals surface area contributed by atoms with Crippen LogP contribution in [0.2, 0.25) is 0 Å². The molecule has 0 unspecified atom stereocenters. The predicted octanol–water partition coefficient (Wildman–Crippen LogP) is 4.23. The number of aromatic nitrogens is 3. The molecular weight excluding hydrogens is 352 g/mol. The Balaban J connectivity index is 1.79. The number of pyridine rings is 1. The van der Waals surface area contributed by atoms with Crippen molar-refractivity contribution in [2.24, 2.45) is 0 Å². The van der Waals surface area contributed by atoms with Crippen molar-refractivity contribution in [3.05, 3.63) is 42.1 Å². The lowest BCUT2D eigenvalue weighted by molar-refractivity contribution is 0.187. The largest absolute Gasteiger partial charge is 0.379 e. The fourth-order valence-corrected chi connectivity index (χ4v) is 3.27. The highest BCUT2D eigenvalue weighted by Crippen LogP contribution is 2.32. The molecule has 3 aromatic rings. The molecule has 1 aliphatic rings. The molecule has 1 saturated heterocycles. The lowest BCUT2D eigenvalue weighted by atomic mass is 10.2. The van der Waals surface area contributed by atoms with Gasteiger partial charge in [-0.1, -0.05) is 0 Å². The molecule has 3 heterocycles. The molecule has 0 saturated carbocycles. The van der Waals surface area contributed by atoms with E-state index in [0.29, 0.717) is 24.7 Å². The van der Waals surface area contributed by atoms with E-state index in [9.17, 15) is 8.78 Å². The molecule has 0 spiro atoms. The van der Waals surface area contributed by atoms with Crippen molar-refractivity contribution in [3.63, 3.8) is 0 Å². The maximum atomic E-state index is 14.1. The van der Waals surface area contributed by atoms with Gasteiger partial charge in [-0.25, -0.2) is 18.7 Å². The summed E-state index contributed by atoms with van der Waals surface area (Å²) in [7, 11) is 0. The number of anilines is 3. The Labute approximate surface area is 155 Å². The van der Waals surface area contributed by atoms with Crippen LogP contribution in [0.25, 0.3) is 11.0 Å². The van der Waals surface area contributed by atoms with E-state index in [1.807, 2.05) is 24.5 Å². The van der Waals surface area contributed by atoms with Gasteiger partial charge in [-0.05, 0) is 32.4 Å². The molecule has 2 aromatic heterocycles. The van der Waals surface area contributed by atoms with E-state index in [0.717, 1.165) is 23.8 Å². The first kappa shape index (κ1) is 17.7. The minimum atomic E-state index is -0.670. The Hall–Kier alpha value is -2.74. The molecular formula is C19H21F2N5O. The molecule has 0 radical (unpaired) electrons. The average Bonchev–Trinajstić information content (AvgIpc) is 3.23. The summed E-state index contributed by atoms with van der Waals surface area (Å²) in [5.74, 6) is -0.0625. The molecule has 4 rings (SSSR count). The van der Waals surface area contributed by atoms with Gasteiger partial charge in [0.25, 0.3) is 0 Å². The van der Waals surface area contributed by atoms with E-state index in [4.69, 9.17) is 4.74 Å². The monoisotopic (exact) mass is 373 g/mol. The summed E-state index contributed by atoms with van der Waals surface area (Å²) in [5.41, 5.74) is 1.75. The summed E-state index contributed by atoms with van der Waals surface area (Å²) in [4.78, 5) is 8.98. The zero-order chi connectivity index (χ0) is 19.0. The van der Waals surface area contributed by atoms with Crippen LogP contribution in [0, 0.1) is 11.6 Å². The predicted molar refractivity (Wildman–Crippen MR) is 100 cm³/mol. The van der Waals surface area contributed by atoms with Gasteiger partial charge in [0.05, 0.1) is 30.0 Å². The second-order valence-electron chi connectivity index (χ2n) is 6.93. The lowest BCUT2D eigenvalue weighted by Gasteiger charge is -2.17. The Bertz CT molecular complexity index is 966. The third-order valence-corrected chi connectivity index (χ3v) is 4.46. The van der Waals surface area contributed by atoms with Gasteiger partial charge in [0, 0.05) is 24.8 Å². The molecule has 0 aliphatic carbocycles. The highest BCUT2D eigenvalue weighted by Gasteiger charge is 2.24. The summed E-state index contributed by atoms with van der Waals surface area (Å²) in [6, 6.07) is 5.68. The van der Waals surface area contributed by atoms with Crippen LogP contribution in [-0.4, -0.2) is 33.8 Å². The summed E-state index contributed by atoms with van der Waals surface area (Å²) < 4.78 is 34.9. The molecule has 1 aliphatic heterocycles. The topological polar surface area (TPSA) is 64.0 Å². The van der Waals surface area contributed by atoms with Crippen LogP contribution in [0.1, 0.15) is 26.3 Å². The van der Waals surface area contributed by atoms with Gasteiger partial charge < -0.3 is 19.9 Å². The van der Waals surface area contributed by atoms with Crippen LogP contribution in [0.15, 0.2) is 30.5 Å². The van der Waals surface area contributed by atoms with Gasteiger partial charge in [0.15, 0.2) is 0 Å². The number of ether oxygens (including phenoxy) is 1. The smallest absolute Gasteiger partial charge is 0.208 e. The Morgan fingerprint density at radius 2 is 2.11 bits per heavy atom.